The SMILES string of the molecule is CCC(Nc1cc(F)ccc1Br)c1cccs1. The van der Waals surface area contributed by atoms with Gasteiger partial charge < -0.3 is 5.32 Å². The molecule has 1 N–H and O–H groups in total. The molecule has 0 aliphatic heterocycles. The Morgan fingerprint density at radius 2 is 2.24 bits per heavy atom. The summed E-state index contributed by atoms with van der Waals surface area (Å²) in [6.45, 7) is 2.12. The smallest absolute Gasteiger partial charge is 0.125 e. The molecule has 17 heavy (non-hydrogen) atoms. The van der Waals surface area contributed by atoms with E-state index in [4.69, 9.17) is 0 Å². The molecule has 1 unspecified atom stereocenters. The number of anilines is 1. The maximum absolute atomic E-state index is 13.2. The van der Waals surface area contributed by atoms with Crippen molar-refractivity contribution in [2.45, 2.75) is 19.4 Å². The molecule has 2 rings (SSSR count). The van der Waals surface area contributed by atoms with Crippen LogP contribution in [0.4, 0.5) is 10.1 Å². The van der Waals surface area contributed by atoms with Crippen LogP contribution in [0.1, 0.15) is 24.3 Å². The van der Waals surface area contributed by atoms with E-state index in [0.29, 0.717) is 0 Å². The maximum atomic E-state index is 13.2. The van der Waals surface area contributed by atoms with Crippen molar-refractivity contribution in [1.82, 2.24) is 0 Å². The molecule has 0 saturated heterocycles. The van der Waals surface area contributed by atoms with Crippen LogP contribution < -0.4 is 5.32 Å². The summed E-state index contributed by atoms with van der Waals surface area (Å²) < 4.78 is 14.1. The molecule has 90 valence electrons. The molecule has 1 nitrogen and oxygen atoms in total. The van der Waals surface area contributed by atoms with Crippen LogP contribution in [0.2, 0.25) is 0 Å². The highest BCUT2D eigenvalue weighted by Gasteiger charge is 2.12. The summed E-state index contributed by atoms with van der Waals surface area (Å²) in [5.74, 6) is -0.225. The van der Waals surface area contributed by atoms with Crippen LogP contribution in [-0.2, 0) is 0 Å². The third-order valence-corrected chi connectivity index (χ3v) is 4.23. The van der Waals surface area contributed by atoms with Crippen molar-refractivity contribution in [3.8, 4) is 0 Å². The molecule has 0 spiro atoms. The van der Waals surface area contributed by atoms with Gasteiger partial charge in [-0.25, -0.2) is 4.39 Å². The number of hydrogen-bond acceptors (Lipinski definition) is 2. The van der Waals surface area contributed by atoms with Gasteiger partial charge in [-0.05, 0) is 52.0 Å². The second-order valence-electron chi connectivity index (χ2n) is 3.74. The predicted octanol–water partition coefficient (Wildman–Crippen LogP) is 5.21. The normalized spacial score (nSPS) is 12.4. The lowest BCUT2D eigenvalue weighted by Crippen LogP contribution is -2.08. The van der Waals surface area contributed by atoms with E-state index in [0.717, 1.165) is 16.6 Å². The third-order valence-electron chi connectivity index (χ3n) is 2.55. The summed E-state index contributed by atoms with van der Waals surface area (Å²) >= 11 is 5.14. The van der Waals surface area contributed by atoms with Gasteiger partial charge >= 0.3 is 0 Å². The standard InChI is InChI=1S/C13H13BrFNS/c1-2-11(13-4-3-7-17-13)16-12-8-9(15)5-6-10(12)14/h3-8,11,16H,2H2,1H3. The highest BCUT2D eigenvalue weighted by atomic mass is 79.9. The van der Waals surface area contributed by atoms with E-state index in [1.165, 1.54) is 17.0 Å². The largest absolute Gasteiger partial charge is 0.376 e. The van der Waals surface area contributed by atoms with Crippen LogP contribution in [0.3, 0.4) is 0 Å². The monoisotopic (exact) mass is 313 g/mol. The molecular weight excluding hydrogens is 301 g/mol. The minimum atomic E-state index is -0.225. The van der Waals surface area contributed by atoms with Crippen LogP contribution >= 0.6 is 27.3 Å². The molecule has 1 aromatic heterocycles. The van der Waals surface area contributed by atoms with E-state index >= 15 is 0 Å². The summed E-state index contributed by atoms with van der Waals surface area (Å²) in [5, 5.41) is 5.42. The Hall–Kier alpha value is -0.870. The Labute approximate surface area is 113 Å². The van der Waals surface area contributed by atoms with E-state index in [1.54, 1.807) is 17.4 Å². The van der Waals surface area contributed by atoms with Gasteiger partial charge in [0.15, 0.2) is 0 Å². The van der Waals surface area contributed by atoms with Gasteiger partial charge in [0.25, 0.3) is 0 Å². The quantitative estimate of drug-likeness (QED) is 0.816. The zero-order valence-corrected chi connectivity index (χ0v) is 11.8. The average molecular weight is 314 g/mol. The number of nitrogens with one attached hydrogen (secondary N) is 1. The Morgan fingerprint density at radius 1 is 1.41 bits per heavy atom. The first kappa shape index (κ1) is 12.6. The molecule has 1 heterocycles. The van der Waals surface area contributed by atoms with E-state index in [-0.39, 0.29) is 11.9 Å². The lowest BCUT2D eigenvalue weighted by atomic mass is 10.1. The minimum Gasteiger partial charge on any atom is -0.376 e. The molecular formula is C13H13BrFNS. The molecule has 2 aromatic rings. The van der Waals surface area contributed by atoms with Crippen LogP contribution in [-0.4, -0.2) is 0 Å². The van der Waals surface area contributed by atoms with Crippen LogP contribution in [0.25, 0.3) is 0 Å². The van der Waals surface area contributed by atoms with Crippen molar-refractivity contribution < 1.29 is 4.39 Å². The molecule has 0 amide bonds. The number of halogens is 2. The first-order valence-corrected chi connectivity index (χ1v) is 7.13. The summed E-state index contributed by atoms with van der Waals surface area (Å²) in [4.78, 5) is 1.27. The van der Waals surface area contributed by atoms with Gasteiger partial charge in [0.05, 0.1) is 11.7 Å². The van der Waals surface area contributed by atoms with Gasteiger partial charge in [0.1, 0.15) is 5.82 Å². The lowest BCUT2D eigenvalue weighted by Gasteiger charge is -2.18. The van der Waals surface area contributed by atoms with Crippen LogP contribution in [0.5, 0.6) is 0 Å². The fourth-order valence-corrected chi connectivity index (χ4v) is 2.88. The molecule has 4 heteroatoms. The number of benzene rings is 1. The Balaban J connectivity index is 2.21. The Kier molecular flexibility index (Phi) is 4.18. The van der Waals surface area contributed by atoms with E-state index < -0.39 is 0 Å². The third kappa shape index (κ3) is 3.07. The molecule has 1 aromatic carbocycles. The van der Waals surface area contributed by atoms with Crippen molar-refractivity contribution >= 4 is 33.0 Å². The van der Waals surface area contributed by atoms with Crippen molar-refractivity contribution in [1.29, 1.82) is 0 Å². The van der Waals surface area contributed by atoms with Crippen LogP contribution in [0, 0.1) is 5.82 Å². The van der Waals surface area contributed by atoms with Crippen molar-refractivity contribution in [3.05, 3.63) is 50.9 Å². The van der Waals surface area contributed by atoms with E-state index in [2.05, 4.69) is 39.6 Å². The molecule has 0 aliphatic rings. The molecule has 0 aliphatic carbocycles. The van der Waals surface area contributed by atoms with Gasteiger partial charge in [-0.15, -0.1) is 11.3 Å². The van der Waals surface area contributed by atoms with Crippen molar-refractivity contribution in [2.75, 3.05) is 5.32 Å². The Bertz CT molecular complexity index is 484. The maximum Gasteiger partial charge on any atom is 0.125 e. The fraction of sp³-hybridized carbons (Fsp3) is 0.231. The lowest BCUT2D eigenvalue weighted by molar-refractivity contribution is 0.627. The highest BCUT2D eigenvalue weighted by molar-refractivity contribution is 9.10. The molecule has 1 atom stereocenters. The van der Waals surface area contributed by atoms with Crippen molar-refractivity contribution in [3.63, 3.8) is 0 Å². The van der Waals surface area contributed by atoms with E-state index in [1.807, 2.05) is 6.07 Å². The zero-order chi connectivity index (χ0) is 12.3. The van der Waals surface area contributed by atoms with Gasteiger partial charge in [-0.3, -0.25) is 0 Å². The van der Waals surface area contributed by atoms with Crippen molar-refractivity contribution in [2.24, 2.45) is 0 Å². The van der Waals surface area contributed by atoms with E-state index in [9.17, 15) is 4.39 Å². The van der Waals surface area contributed by atoms with Gasteiger partial charge in [-0.2, -0.15) is 0 Å². The molecule has 0 saturated carbocycles. The molecule has 0 fully saturated rings. The fourth-order valence-electron chi connectivity index (χ4n) is 1.66. The summed E-state index contributed by atoms with van der Waals surface area (Å²) in [6.07, 6.45) is 0.962. The van der Waals surface area contributed by atoms with Crippen LogP contribution in [0.15, 0.2) is 40.2 Å². The summed E-state index contributed by atoms with van der Waals surface area (Å²) in [5.41, 5.74) is 0.797. The Morgan fingerprint density at radius 3 is 2.88 bits per heavy atom. The summed E-state index contributed by atoms with van der Waals surface area (Å²) in [7, 11) is 0. The predicted molar refractivity (Wildman–Crippen MR) is 75.1 cm³/mol. The first-order chi connectivity index (χ1) is 8.20. The molecule has 0 radical (unpaired) electrons. The summed E-state index contributed by atoms with van der Waals surface area (Å²) in [6, 6.07) is 9.04. The number of hydrogen-bond donors (Lipinski definition) is 1. The van der Waals surface area contributed by atoms with Gasteiger partial charge in [0.2, 0.25) is 0 Å². The number of rotatable bonds is 4. The first-order valence-electron chi connectivity index (χ1n) is 5.45. The topological polar surface area (TPSA) is 12.0 Å². The average Bonchev–Trinajstić information content (AvgIpc) is 2.84. The molecule has 0 bridgehead atoms. The number of thiophene rings is 1. The highest BCUT2D eigenvalue weighted by Crippen LogP contribution is 2.30. The van der Waals surface area contributed by atoms with Gasteiger partial charge in [-0.1, -0.05) is 13.0 Å². The second-order valence-corrected chi connectivity index (χ2v) is 5.58. The minimum absolute atomic E-state index is 0.225. The van der Waals surface area contributed by atoms with Gasteiger partial charge in [0, 0.05) is 9.35 Å². The second kappa shape index (κ2) is 5.65. The zero-order valence-electron chi connectivity index (χ0n) is 9.41.